The highest BCUT2D eigenvalue weighted by Crippen LogP contribution is 2.33. The zero-order valence-corrected chi connectivity index (χ0v) is 17.9. The van der Waals surface area contributed by atoms with Crippen molar-refractivity contribution in [1.82, 2.24) is 10.6 Å². The zero-order valence-electron chi connectivity index (χ0n) is 16.7. The molecule has 9 heteroatoms. The van der Waals surface area contributed by atoms with Gasteiger partial charge in [0, 0.05) is 26.1 Å². The third kappa shape index (κ3) is 7.23. The Morgan fingerprint density at radius 1 is 1.31 bits per heavy atom. The van der Waals surface area contributed by atoms with Crippen LogP contribution in [0.1, 0.15) is 48.5 Å². The lowest BCUT2D eigenvalue weighted by molar-refractivity contribution is -0.118. The molecule has 0 bridgehead atoms. The number of morpholine rings is 1. The standard InChI is InChI=1S/C20H31N2O6P/c1-14(23)21-10-6-2-5-9-20(26,29-27)18-12-22-16(13-28-18)11-15-7-3-4-8-17(15)19(24)25/h3-4,7-8,16,18,22,26H,2,5-6,9-13,29H2,1H3,(H,21,23)(H,24,25)/t16-,18+,20?/m1/s1. The maximum Gasteiger partial charge on any atom is 0.335 e. The lowest BCUT2D eigenvalue weighted by atomic mass is 9.98. The summed E-state index contributed by atoms with van der Waals surface area (Å²) in [6.07, 6.45) is 2.64. The SMILES string of the molecule is CC(=O)NCCCCCC(O)([PH2]=O)[C@@H]1CN[C@H](Cc2ccccc2C(=O)O)CO1. The van der Waals surface area contributed by atoms with Crippen LogP contribution in [0.2, 0.25) is 0 Å². The summed E-state index contributed by atoms with van der Waals surface area (Å²) >= 11 is 0. The van der Waals surface area contributed by atoms with Crippen LogP contribution in [0.15, 0.2) is 24.3 Å². The first-order valence-electron chi connectivity index (χ1n) is 9.95. The van der Waals surface area contributed by atoms with Crippen molar-refractivity contribution in [3.05, 3.63) is 35.4 Å². The first kappa shape index (κ1) is 23.5. The summed E-state index contributed by atoms with van der Waals surface area (Å²) in [5, 5.41) is 24.8. The fraction of sp³-hybridized carbons (Fsp3) is 0.600. The number of hydrogen-bond donors (Lipinski definition) is 4. The van der Waals surface area contributed by atoms with Crippen molar-refractivity contribution in [3.8, 4) is 0 Å². The lowest BCUT2D eigenvalue weighted by Crippen LogP contribution is -2.55. The molecule has 29 heavy (non-hydrogen) atoms. The van der Waals surface area contributed by atoms with Gasteiger partial charge in [0.05, 0.1) is 20.6 Å². The van der Waals surface area contributed by atoms with E-state index in [0.717, 1.165) is 18.4 Å². The quantitative estimate of drug-likeness (QED) is 0.312. The number of aromatic carboxylic acids is 1. The molecule has 4 atom stereocenters. The predicted molar refractivity (Wildman–Crippen MR) is 111 cm³/mol. The molecule has 2 unspecified atom stereocenters. The molecule has 0 aromatic heterocycles. The summed E-state index contributed by atoms with van der Waals surface area (Å²) < 4.78 is 17.6. The molecule has 1 aromatic carbocycles. The molecular formula is C20H31N2O6P. The van der Waals surface area contributed by atoms with Gasteiger partial charge < -0.3 is 30.1 Å². The Bertz CT molecular complexity index is 708. The van der Waals surface area contributed by atoms with Crippen molar-refractivity contribution in [1.29, 1.82) is 0 Å². The van der Waals surface area contributed by atoms with E-state index in [1.807, 2.05) is 0 Å². The normalized spacial score (nSPS) is 21.7. The van der Waals surface area contributed by atoms with Gasteiger partial charge in [-0.25, -0.2) is 4.79 Å². The molecular weight excluding hydrogens is 395 g/mol. The molecule has 0 spiro atoms. The number of carboxylic acids is 1. The molecule has 1 aliphatic heterocycles. The average molecular weight is 426 g/mol. The molecule has 1 aliphatic rings. The molecule has 2 rings (SSSR count). The maximum absolute atomic E-state index is 11.8. The van der Waals surface area contributed by atoms with Gasteiger partial charge in [-0.05, 0) is 37.3 Å². The predicted octanol–water partition coefficient (Wildman–Crippen LogP) is 1.43. The molecule has 1 saturated heterocycles. The minimum Gasteiger partial charge on any atom is -0.478 e. The van der Waals surface area contributed by atoms with Crippen LogP contribution in [0, 0.1) is 0 Å². The van der Waals surface area contributed by atoms with Crippen LogP contribution >= 0.6 is 8.46 Å². The summed E-state index contributed by atoms with van der Waals surface area (Å²) in [5.41, 5.74) is 1.000. The van der Waals surface area contributed by atoms with Crippen LogP contribution in [-0.4, -0.2) is 59.3 Å². The number of rotatable bonds is 11. The molecule has 0 saturated carbocycles. The van der Waals surface area contributed by atoms with Crippen molar-refractivity contribution in [2.45, 2.75) is 56.5 Å². The Morgan fingerprint density at radius 3 is 2.69 bits per heavy atom. The molecule has 1 heterocycles. The topological polar surface area (TPSA) is 125 Å². The number of hydrogen-bond acceptors (Lipinski definition) is 6. The Labute approximate surface area is 172 Å². The van der Waals surface area contributed by atoms with Gasteiger partial charge in [-0.15, -0.1) is 0 Å². The van der Waals surface area contributed by atoms with Crippen LogP contribution in [0.5, 0.6) is 0 Å². The number of carbonyl (C=O) groups excluding carboxylic acids is 1. The van der Waals surface area contributed by atoms with E-state index in [9.17, 15) is 24.4 Å². The Morgan fingerprint density at radius 2 is 2.07 bits per heavy atom. The monoisotopic (exact) mass is 426 g/mol. The van der Waals surface area contributed by atoms with Crippen LogP contribution in [0.25, 0.3) is 0 Å². The third-order valence-corrected chi connectivity index (χ3v) is 6.26. The Balaban J connectivity index is 1.81. The van der Waals surface area contributed by atoms with E-state index in [1.165, 1.54) is 6.92 Å². The largest absolute Gasteiger partial charge is 0.478 e. The van der Waals surface area contributed by atoms with Gasteiger partial charge in [-0.1, -0.05) is 24.6 Å². The number of ether oxygens (including phenoxy) is 1. The second-order valence-corrected chi connectivity index (χ2v) is 8.73. The first-order chi connectivity index (χ1) is 13.9. The van der Waals surface area contributed by atoms with Crippen molar-refractivity contribution in [2.24, 2.45) is 0 Å². The van der Waals surface area contributed by atoms with Gasteiger partial charge >= 0.3 is 5.97 Å². The van der Waals surface area contributed by atoms with Crippen LogP contribution in [0.4, 0.5) is 0 Å². The highest BCUT2D eigenvalue weighted by Gasteiger charge is 2.39. The van der Waals surface area contributed by atoms with E-state index in [-0.39, 0.29) is 17.5 Å². The number of carbonyl (C=O) groups is 2. The summed E-state index contributed by atoms with van der Waals surface area (Å²) in [4.78, 5) is 22.2. The summed E-state index contributed by atoms with van der Waals surface area (Å²) in [7, 11) is -1.43. The van der Waals surface area contributed by atoms with Crippen molar-refractivity contribution < 1.29 is 29.1 Å². The first-order valence-corrected chi connectivity index (χ1v) is 11.0. The minimum atomic E-state index is -1.43. The number of aliphatic hydroxyl groups is 1. The van der Waals surface area contributed by atoms with Crippen molar-refractivity contribution in [3.63, 3.8) is 0 Å². The number of benzene rings is 1. The van der Waals surface area contributed by atoms with E-state index in [4.69, 9.17) is 4.74 Å². The van der Waals surface area contributed by atoms with Gasteiger partial charge in [0.15, 0.2) is 0 Å². The molecule has 1 aromatic rings. The van der Waals surface area contributed by atoms with Crippen LogP contribution in [-0.2, 0) is 20.5 Å². The fourth-order valence-electron chi connectivity index (χ4n) is 3.52. The highest BCUT2D eigenvalue weighted by atomic mass is 31.1. The smallest absolute Gasteiger partial charge is 0.335 e. The Kier molecular flexibility index (Phi) is 9.30. The van der Waals surface area contributed by atoms with E-state index in [1.54, 1.807) is 24.3 Å². The van der Waals surface area contributed by atoms with Crippen LogP contribution in [0.3, 0.4) is 0 Å². The average Bonchev–Trinajstić information content (AvgIpc) is 2.71. The third-order valence-electron chi connectivity index (χ3n) is 5.19. The van der Waals surface area contributed by atoms with Gasteiger partial charge in [-0.2, -0.15) is 0 Å². The van der Waals surface area contributed by atoms with E-state index >= 15 is 0 Å². The number of nitrogens with one attached hydrogen (secondary N) is 2. The summed E-state index contributed by atoms with van der Waals surface area (Å²) in [5.74, 6) is -1.02. The lowest BCUT2D eigenvalue weighted by Gasteiger charge is -2.38. The number of carboxylic acid groups (broad SMARTS) is 1. The second-order valence-electron chi connectivity index (χ2n) is 7.50. The zero-order chi connectivity index (χ0) is 21.3. The molecule has 1 fully saturated rings. The van der Waals surface area contributed by atoms with Crippen LogP contribution < -0.4 is 10.6 Å². The van der Waals surface area contributed by atoms with Gasteiger partial charge in [-0.3, -0.25) is 4.79 Å². The van der Waals surface area contributed by atoms with Crippen molar-refractivity contribution in [2.75, 3.05) is 19.7 Å². The van der Waals surface area contributed by atoms with E-state index in [0.29, 0.717) is 39.0 Å². The van der Waals surface area contributed by atoms with Gasteiger partial charge in [0.25, 0.3) is 0 Å². The van der Waals surface area contributed by atoms with Gasteiger partial charge in [0.1, 0.15) is 11.4 Å². The number of amides is 1. The molecule has 4 N–H and O–H groups in total. The minimum absolute atomic E-state index is 0.0623. The van der Waals surface area contributed by atoms with Crippen molar-refractivity contribution >= 4 is 20.3 Å². The van der Waals surface area contributed by atoms with E-state index in [2.05, 4.69) is 10.6 Å². The highest BCUT2D eigenvalue weighted by molar-refractivity contribution is 7.25. The molecule has 1 amide bonds. The second kappa shape index (κ2) is 11.5. The molecule has 162 valence electrons. The maximum atomic E-state index is 11.8. The summed E-state index contributed by atoms with van der Waals surface area (Å²) in [6, 6.07) is 6.79. The molecule has 0 aliphatic carbocycles. The molecule has 8 nitrogen and oxygen atoms in total. The summed E-state index contributed by atoms with van der Waals surface area (Å²) in [6.45, 7) is 2.74. The number of unbranched alkanes of at least 4 members (excludes halogenated alkanes) is 2. The molecule has 0 radical (unpaired) electrons. The van der Waals surface area contributed by atoms with E-state index < -0.39 is 25.9 Å². The Hall–Kier alpha value is -1.73. The van der Waals surface area contributed by atoms with Gasteiger partial charge in [0.2, 0.25) is 5.91 Å². The fourth-order valence-corrected chi connectivity index (χ4v) is 4.21.